The van der Waals surface area contributed by atoms with Crippen molar-refractivity contribution in [2.45, 2.75) is 26.2 Å². The van der Waals surface area contributed by atoms with Gasteiger partial charge < -0.3 is 4.90 Å². The van der Waals surface area contributed by atoms with Gasteiger partial charge in [0.25, 0.3) is 0 Å². The first-order valence-electron chi connectivity index (χ1n) is 4.89. The zero-order valence-electron chi connectivity index (χ0n) is 8.29. The van der Waals surface area contributed by atoms with Crippen molar-refractivity contribution in [3.8, 4) is 0 Å². The van der Waals surface area contributed by atoms with Gasteiger partial charge in [0.05, 0.1) is 5.69 Å². The Labute approximate surface area is 83.6 Å². The summed E-state index contributed by atoms with van der Waals surface area (Å²) in [5, 5.41) is 3.29. The van der Waals surface area contributed by atoms with Gasteiger partial charge in [-0.3, -0.25) is 0 Å². The predicted molar refractivity (Wildman–Crippen MR) is 57.5 cm³/mol. The summed E-state index contributed by atoms with van der Waals surface area (Å²) in [7, 11) is 2.15. The first kappa shape index (κ1) is 9.00. The Hall–Kier alpha value is -0.570. The summed E-state index contributed by atoms with van der Waals surface area (Å²) in [4.78, 5) is 6.76. The third kappa shape index (κ3) is 2.02. The van der Waals surface area contributed by atoms with Crippen LogP contribution in [0.4, 0.5) is 5.13 Å². The van der Waals surface area contributed by atoms with E-state index < -0.39 is 0 Å². The SMILES string of the molecule is Cc1csc(N(C)CC2CCC2)n1. The van der Waals surface area contributed by atoms with Gasteiger partial charge in [0.2, 0.25) is 0 Å². The maximum atomic E-state index is 4.47. The van der Waals surface area contributed by atoms with Crippen molar-refractivity contribution in [2.75, 3.05) is 18.5 Å². The molecule has 3 heteroatoms. The van der Waals surface area contributed by atoms with Gasteiger partial charge in [-0.15, -0.1) is 11.3 Å². The van der Waals surface area contributed by atoms with Gasteiger partial charge in [-0.2, -0.15) is 0 Å². The van der Waals surface area contributed by atoms with Gasteiger partial charge in [-0.05, 0) is 25.7 Å². The molecule has 0 aromatic carbocycles. The molecule has 1 aliphatic rings. The van der Waals surface area contributed by atoms with Gasteiger partial charge in [0.15, 0.2) is 5.13 Å². The van der Waals surface area contributed by atoms with Gasteiger partial charge in [0, 0.05) is 19.0 Å². The molecule has 2 rings (SSSR count). The zero-order chi connectivity index (χ0) is 9.26. The fourth-order valence-electron chi connectivity index (χ4n) is 1.66. The summed E-state index contributed by atoms with van der Waals surface area (Å²) in [5.74, 6) is 0.925. The highest BCUT2D eigenvalue weighted by Gasteiger charge is 2.19. The minimum absolute atomic E-state index is 0.925. The van der Waals surface area contributed by atoms with Crippen LogP contribution in [0, 0.1) is 12.8 Å². The van der Waals surface area contributed by atoms with E-state index >= 15 is 0 Å². The molecule has 0 radical (unpaired) electrons. The molecule has 0 amide bonds. The molecule has 0 N–H and O–H groups in total. The first-order valence-corrected chi connectivity index (χ1v) is 5.77. The second-order valence-corrected chi connectivity index (χ2v) is 4.79. The maximum absolute atomic E-state index is 4.47. The van der Waals surface area contributed by atoms with Gasteiger partial charge >= 0.3 is 0 Å². The quantitative estimate of drug-likeness (QED) is 0.739. The van der Waals surface area contributed by atoms with E-state index in [0.29, 0.717) is 0 Å². The minimum Gasteiger partial charge on any atom is -0.351 e. The lowest BCUT2D eigenvalue weighted by molar-refractivity contribution is 0.321. The highest BCUT2D eigenvalue weighted by atomic mass is 32.1. The number of thiazole rings is 1. The van der Waals surface area contributed by atoms with Crippen molar-refractivity contribution in [1.29, 1.82) is 0 Å². The lowest BCUT2D eigenvalue weighted by Crippen LogP contribution is -2.29. The monoisotopic (exact) mass is 196 g/mol. The normalized spacial score (nSPS) is 17.1. The van der Waals surface area contributed by atoms with Crippen LogP contribution in [-0.4, -0.2) is 18.6 Å². The Morgan fingerprint density at radius 1 is 1.62 bits per heavy atom. The molecule has 1 aliphatic carbocycles. The van der Waals surface area contributed by atoms with Crippen LogP contribution in [0.1, 0.15) is 25.0 Å². The van der Waals surface area contributed by atoms with Crippen LogP contribution < -0.4 is 4.90 Å². The fraction of sp³-hybridized carbons (Fsp3) is 0.700. The van der Waals surface area contributed by atoms with E-state index in [2.05, 4.69) is 29.2 Å². The molecular weight excluding hydrogens is 180 g/mol. The number of aromatic nitrogens is 1. The van der Waals surface area contributed by atoms with E-state index in [4.69, 9.17) is 0 Å². The number of hydrogen-bond donors (Lipinski definition) is 0. The van der Waals surface area contributed by atoms with Crippen molar-refractivity contribution in [3.63, 3.8) is 0 Å². The van der Waals surface area contributed by atoms with E-state index in [1.165, 1.54) is 30.9 Å². The second-order valence-electron chi connectivity index (χ2n) is 3.95. The molecule has 1 saturated carbocycles. The highest BCUT2D eigenvalue weighted by Crippen LogP contribution is 2.29. The van der Waals surface area contributed by atoms with Crippen molar-refractivity contribution in [1.82, 2.24) is 4.98 Å². The van der Waals surface area contributed by atoms with Crippen LogP contribution in [0.2, 0.25) is 0 Å². The molecule has 0 unspecified atom stereocenters. The van der Waals surface area contributed by atoms with Crippen LogP contribution in [0.25, 0.3) is 0 Å². The average Bonchev–Trinajstić information content (AvgIpc) is 2.44. The molecule has 1 aromatic heterocycles. The molecule has 0 spiro atoms. The van der Waals surface area contributed by atoms with Gasteiger partial charge in [-0.1, -0.05) is 6.42 Å². The molecule has 2 nitrogen and oxygen atoms in total. The number of anilines is 1. The molecule has 0 aliphatic heterocycles. The zero-order valence-corrected chi connectivity index (χ0v) is 9.10. The molecule has 1 aromatic rings. The number of nitrogens with zero attached hydrogens (tertiary/aromatic N) is 2. The van der Waals surface area contributed by atoms with Crippen LogP contribution in [0.3, 0.4) is 0 Å². The average molecular weight is 196 g/mol. The fourth-order valence-corrected chi connectivity index (χ4v) is 2.44. The standard InChI is InChI=1S/C10H16N2S/c1-8-7-13-10(11-8)12(2)6-9-4-3-5-9/h7,9H,3-6H2,1-2H3. The summed E-state index contributed by atoms with van der Waals surface area (Å²) < 4.78 is 0. The summed E-state index contributed by atoms with van der Waals surface area (Å²) in [6.07, 6.45) is 4.25. The van der Waals surface area contributed by atoms with Crippen molar-refractivity contribution in [3.05, 3.63) is 11.1 Å². The second kappa shape index (κ2) is 3.66. The van der Waals surface area contributed by atoms with Crippen LogP contribution >= 0.6 is 11.3 Å². The van der Waals surface area contributed by atoms with Crippen molar-refractivity contribution < 1.29 is 0 Å². The van der Waals surface area contributed by atoms with Crippen LogP contribution in [0.15, 0.2) is 5.38 Å². The number of aryl methyl sites for hydroxylation is 1. The van der Waals surface area contributed by atoms with Gasteiger partial charge in [0.1, 0.15) is 0 Å². The van der Waals surface area contributed by atoms with E-state index in [-0.39, 0.29) is 0 Å². The lowest BCUT2D eigenvalue weighted by atomic mass is 9.85. The van der Waals surface area contributed by atoms with Gasteiger partial charge in [-0.25, -0.2) is 4.98 Å². The molecule has 13 heavy (non-hydrogen) atoms. The summed E-state index contributed by atoms with van der Waals surface area (Å²) >= 11 is 1.75. The van der Waals surface area contributed by atoms with E-state index in [1.54, 1.807) is 11.3 Å². The van der Waals surface area contributed by atoms with E-state index in [9.17, 15) is 0 Å². The Morgan fingerprint density at radius 3 is 2.85 bits per heavy atom. The van der Waals surface area contributed by atoms with E-state index in [1.807, 2.05) is 0 Å². The molecule has 0 atom stereocenters. The van der Waals surface area contributed by atoms with Crippen molar-refractivity contribution in [2.24, 2.45) is 5.92 Å². The van der Waals surface area contributed by atoms with Crippen molar-refractivity contribution >= 4 is 16.5 Å². The highest BCUT2D eigenvalue weighted by molar-refractivity contribution is 7.13. The lowest BCUT2D eigenvalue weighted by Gasteiger charge is -2.29. The molecular formula is C10H16N2S. The summed E-state index contributed by atoms with van der Waals surface area (Å²) in [5.41, 5.74) is 1.14. The molecule has 1 heterocycles. The molecule has 72 valence electrons. The number of hydrogen-bond acceptors (Lipinski definition) is 3. The van der Waals surface area contributed by atoms with E-state index in [0.717, 1.165) is 11.6 Å². The minimum atomic E-state index is 0.925. The predicted octanol–water partition coefficient (Wildman–Crippen LogP) is 2.69. The maximum Gasteiger partial charge on any atom is 0.185 e. The Balaban J connectivity index is 1.92. The smallest absolute Gasteiger partial charge is 0.185 e. The summed E-state index contributed by atoms with van der Waals surface area (Å²) in [6, 6.07) is 0. The number of rotatable bonds is 3. The molecule has 0 bridgehead atoms. The molecule has 1 fully saturated rings. The Morgan fingerprint density at radius 2 is 2.38 bits per heavy atom. The third-order valence-electron chi connectivity index (χ3n) is 2.69. The largest absolute Gasteiger partial charge is 0.351 e. The first-order chi connectivity index (χ1) is 6.25. The van der Waals surface area contributed by atoms with Crippen LogP contribution in [-0.2, 0) is 0 Å². The third-order valence-corrected chi connectivity index (χ3v) is 3.76. The molecule has 0 saturated heterocycles. The van der Waals surface area contributed by atoms with Crippen LogP contribution in [0.5, 0.6) is 0 Å². The Bertz CT molecular complexity index is 278. The Kier molecular flexibility index (Phi) is 2.54. The summed E-state index contributed by atoms with van der Waals surface area (Å²) in [6.45, 7) is 3.24. The topological polar surface area (TPSA) is 16.1 Å².